The Kier molecular flexibility index (Phi) is 5.80. The van der Waals surface area contributed by atoms with Gasteiger partial charge in [0.2, 0.25) is 6.33 Å². The van der Waals surface area contributed by atoms with Crippen LogP contribution in [0.25, 0.3) is 0 Å². The molecule has 0 saturated carbocycles. The molecule has 5 nitrogen and oxygen atoms in total. The van der Waals surface area contributed by atoms with E-state index in [0.717, 1.165) is 24.8 Å². The van der Waals surface area contributed by atoms with E-state index in [2.05, 4.69) is 11.9 Å². The van der Waals surface area contributed by atoms with Gasteiger partial charge in [-0.2, -0.15) is 0 Å². The number of nitro groups is 1. The van der Waals surface area contributed by atoms with E-state index in [1.165, 1.54) is 12.5 Å². The zero-order chi connectivity index (χ0) is 16.1. The maximum atomic E-state index is 10.7. The van der Waals surface area contributed by atoms with Gasteiger partial charge in [0.15, 0.2) is 0 Å². The van der Waals surface area contributed by atoms with Gasteiger partial charge in [-0.05, 0) is 34.0 Å². The van der Waals surface area contributed by atoms with Crippen LogP contribution in [0.5, 0.6) is 0 Å². The van der Waals surface area contributed by atoms with Gasteiger partial charge in [-0.15, -0.1) is 0 Å². The molecule has 22 heavy (non-hydrogen) atoms. The molecular formula is C15H17Cl2N3O2. The first-order valence-corrected chi connectivity index (χ1v) is 7.88. The molecular weight excluding hydrogens is 325 g/mol. The van der Waals surface area contributed by atoms with Crippen LogP contribution < -0.4 is 0 Å². The second-order valence-corrected chi connectivity index (χ2v) is 6.03. The molecule has 0 radical (unpaired) electrons. The maximum Gasteiger partial charge on any atom is 0.381 e. The SMILES string of the molecule is CCCCC(Cn1cnc([N+](=O)[O-])c1)c1ccc(Cl)cc1Cl. The highest BCUT2D eigenvalue weighted by Crippen LogP contribution is 2.32. The predicted octanol–water partition coefficient (Wildman–Crippen LogP) is 5.07. The Morgan fingerprint density at radius 1 is 1.41 bits per heavy atom. The van der Waals surface area contributed by atoms with Crippen LogP contribution in [0.15, 0.2) is 30.7 Å². The molecule has 2 rings (SSSR count). The van der Waals surface area contributed by atoms with Crippen molar-refractivity contribution < 1.29 is 4.92 Å². The van der Waals surface area contributed by atoms with Gasteiger partial charge < -0.3 is 14.7 Å². The fraction of sp³-hybridized carbons (Fsp3) is 0.400. The Morgan fingerprint density at radius 3 is 2.77 bits per heavy atom. The zero-order valence-corrected chi connectivity index (χ0v) is 13.7. The van der Waals surface area contributed by atoms with E-state index >= 15 is 0 Å². The number of unbranched alkanes of at least 4 members (excludes halogenated alkanes) is 1. The van der Waals surface area contributed by atoms with Crippen LogP contribution in [0.2, 0.25) is 10.0 Å². The summed E-state index contributed by atoms with van der Waals surface area (Å²) in [5.74, 6) is 0.0231. The number of halogens is 2. The smallest absolute Gasteiger partial charge is 0.358 e. The van der Waals surface area contributed by atoms with Gasteiger partial charge in [0, 0.05) is 22.5 Å². The first-order chi connectivity index (χ1) is 10.5. The molecule has 1 aromatic heterocycles. The lowest BCUT2D eigenvalue weighted by atomic mass is 9.93. The summed E-state index contributed by atoms with van der Waals surface area (Å²) in [5, 5.41) is 12.0. The zero-order valence-electron chi connectivity index (χ0n) is 12.2. The first kappa shape index (κ1) is 16.8. The molecule has 0 aliphatic carbocycles. The highest BCUT2D eigenvalue weighted by atomic mass is 35.5. The average molecular weight is 342 g/mol. The lowest BCUT2D eigenvalue weighted by molar-refractivity contribution is -0.389. The van der Waals surface area contributed by atoms with Crippen LogP contribution in [0.3, 0.4) is 0 Å². The third kappa shape index (κ3) is 4.21. The van der Waals surface area contributed by atoms with Crippen LogP contribution in [0.1, 0.15) is 37.7 Å². The Morgan fingerprint density at radius 2 is 2.18 bits per heavy atom. The number of benzene rings is 1. The molecule has 0 amide bonds. The highest BCUT2D eigenvalue weighted by Gasteiger charge is 2.18. The average Bonchev–Trinajstić information content (AvgIpc) is 2.92. The van der Waals surface area contributed by atoms with E-state index in [9.17, 15) is 10.1 Å². The van der Waals surface area contributed by atoms with Crippen molar-refractivity contribution in [3.05, 3.63) is 56.4 Å². The molecule has 0 bridgehead atoms. The summed E-state index contributed by atoms with van der Waals surface area (Å²) in [6, 6.07) is 5.47. The number of hydrogen-bond acceptors (Lipinski definition) is 3. The van der Waals surface area contributed by atoms with Gasteiger partial charge in [0.05, 0.1) is 0 Å². The fourth-order valence-electron chi connectivity index (χ4n) is 2.43. The van der Waals surface area contributed by atoms with E-state index in [-0.39, 0.29) is 11.7 Å². The summed E-state index contributed by atoms with van der Waals surface area (Å²) in [5.41, 5.74) is 1.01. The molecule has 2 aromatic rings. The van der Waals surface area contributed by atoms with E-state index < -0.39 is 4.92 Å². The minimum absolute atomic E-state index is 0.142. The molecule has 0 spiro atoms. The van der Waals surface area contributed by atoms with Crippen molar-refractivity contribution in [3.63, 3.8) is 0 Å². The van der Waals surface area contributed by atoms with Crippen LogP contribution in [0, 0.1) is 10.1 Å². The van der Waals surface area contributed by atoms with Gasteiger partial charge in [-0.3, -0.25) is 0 Å². The molecule has 0 aliphatic heterocycles. The first-order valence-electron chi connectivity index (χ1n) is 7.12. The van der Waals surface area contributed by atoms with Gasteiger partial charge in [0.1, 0.15) is 6.20 Å². The molecule has 0 saturated heterocycles. The van der Waals surface area contributed by atoms with Crippen LogP contribution >= 0.6 is 23.2 Å². The van der Waals surface area contributed by atoms with Crippen LogP contribution in [0.4, 0.5) is 5.82 Å². The number of rotatable bonds is 7. The monoisotopic (exact) mass is 341 g/mol. The van der Waals surface area contributed by atoms with Crippen LogP contribution in [-0.2, 0) is 6.54 Å². The Bertz CT molecular complexity index is 658. The number of hydrogen-bond donors (Lipinski definition) is 0. The molecule has 0 aliphatic rings. The lowest BCUT2D eigenvalue weighted by Crippen LogP contribution is -2.09. The molecule has 1 heterocycles. The van der Waals surface area contributed by atoms with E-state index in [1.54, 1.807) is 10.6 Å². The van der Waals surface area contributed by atoms with E-state index in [4.69, 9.17) is 23.2 Å². The van der Waals surface area contributed by atoms with Crippen molar-refractivity contribution >= 4 is 29.0 Å². The Balaban J connectivity index is 2.23. The normalized spacial score (nSPS) is 12.3. The van der Waals surface area contributed by atoms with Crippen LogP contribution in [-0.4, -0.2) is 14.5 Å². The topological polar surface area (TPSA) is 61.0 Å². The summed E-state index contributed by atoms with van der Waals surface area (Å²) in [6.45, 7) is 2.73. The highest BCUT2D eigenvalue weighted by molar-refractivity contribution is 6.35. The molecule has 118 valence electrons. The van der Waals surface area contributed by atoms with E-state index in [1.807, 2.05) is 12.1 Å². The van der Waals surface area contributed by atoms with Crippen molar-refractivity contribution in [2.24, 2.45) is 0 Å². The van der Waals surface area contributed by atoms with Gasteiger partial charge in [-0.1, -0.05) is 49.0 Å². The lowest BCUT2D eigenvalue weighted by Gasteiger charge is -2.18. The number of aromatic nitrogens is 2. The summed E-state index contributed by atoms with van der Waals surface area (Å²) in [4.78, 5) is 14.0. The molecule has 1 atom stereocenters. The molecule has 1 unspecified atom stereocenters. The number of nitrogens with zero attached hydrogens (tertiary/aromatic N) is 3. The summed E-state index contributed by atoms with van der Waals surface area (Å²) >= 11 is 12.3. The third-order valence-electron chi connectivity index (χ3n) is 3.55. The van der Waals surface area contributed by atoms with E-state index in [0.29, 0.717) is 16.6 Å². The molecule has 0 fully saturated rings. The Labute approximate surface area is 139 Å². The van der Waals surface area contributed by atoms with Crippen molar-refractivity contribution in [3.8, 4) is 0 Å². The largest absolute Gasteiger partial charge is 0.381 e. The van der Waals surface area contributed by atoms with Crippen molar-refractivity contribution in [2.45, 2.75) is 38.6 Å². The fourth-order valence-corrected chi connectivity index (χ4v) is 2.99. The summed E-state index contributed by atoms with van der Waals surface area (Å²) in [6.07, 6.45) is 6.01. The van der Waals surface area contributed by atoms with Crippen molar-refractivity contribution in [1.82, 2.24) is 9.55 Å². The number of imidazole rings is 1. The molecule has 7 heteroatoms. The standard InChI is InChI=1S/C15H17Cl2N3O2/c1-2-3-4-11(13-6-5-12(16)7-14(13)17)8-19-9-15(18-10-19)20(21)22/h5-7,9-11H,2-4,8H2,1H3. The Hall–Kier alpha value is -1.59. The quantitative estimate of drug-likeness (QED) is 0.521. The maximum absolute atomic E-state index is 10.7. The van der Waals surface area contributed by atoms with Crippen molar-refractivity contribution in [1.29, 1.82) is 0 Å². The third-order valence-corrected chi connectivity index (χ3v) is 4.11. The predicted molar refractivity (Wildman–Crippen MR) is 87.6 cm³/mol. The molecule has 0 N–H and O–H groups in total. The minimum Gasteiger partial charge on any atom is -0.358 e. The summed E-state index contributed by atoms with van der Waals surface area (Å²) < 4.78 is 1.74. The second kappa shape index (κ2) is 7.61. The van der Waals surface area contributed by atoms with Gasteiger partial charge >= 0.3 is 5.82 Å². The van der Waals surface area contributed by atoms with Gasteiger partial charge in [-0.25, -0.2) is 0 Å². The van der Waals surface area contributed by atoms with Crippen molar-refractivity contribution in [2.75, 3.05) is 0 Å². The second-order valence-electron chi connectivity index (χ2n) is 5.19. The minimum atomic E-state index is -0.493. The van der Waals surface area contributed by atoms with Gasteiger partial charge in [0.25, 0.3) is 0 Å². The summed E-state index contributed by atoms with van der Waals surface area (Å²) in [7, 11) is 0. The molecule has 1 aromatic carbocycles.